The first-order valence-electron chi connectivity index (χ1n) is 11.5. The Morgan fingerprint density at radius 3 is 2.76 bits per heavy atom. The molecule has 0 bridgehead atoms. The van der Waals surface area contributed by atoms with Crippen LogP contribution < -0.4 is 15.4 Å². The normalized spacial score (nSPS) is 19.5. The van der Waals surface area contributed by atoms with E-state index in [1.165, 1.54) is 18.4 Å². The number of hydrogen-bond acceptors (Lipinski definition) is 6. The van der Waals surface area contributed by atoms with Crippen LogP contribution in [0.25, 0.3) is 0 Å². The number of likely N-dealkylation sites (tertiary alicyclic amines) is 1. The highest BCUT2D eigenvalue weighted by molar-refractivity contribution is 14.0. The SMILES string of the molecule is CN=C(NCC(c1ccccc1OC)N1CCCC1)NC1CCc2nc(COC)nn2C1.I. The predicted molar refractivity (Wildman–Crippen MR) is 139 cm³/mol. The highest BCUT2D eigenvalue weighted by atomic mass is 127. The van der Waals surface area contributed by atoms with Gasteiger partial charge in [0.25, 0.3) is 0 Å². The van der Waals surface area contributed by atoms with Crippen molar-refractivity contribution < 1.29 is 9.47 Å². The molecule has 1 aromatic carbocycles. The number of aromatic nitrogens is 3. The van der Waals surface area contributed by atoms with Gasteiger partial charge >= 0.3 is 0 Å². The quantitative estimate of drug-likeness (QED) is 0.287. The third kappa shape index (κ3) is 6.36. The van der Waals surface area contributed by atoms with Gasteiger partial charge in [0, 0.05) is 38.7 Å². The fraction of sp³-hybridized carbons (Fsp3) is 0.609. The number of nitrogens with one attached hydrogen (secondary N) is 2. The van der Waals surface area contributed by atoms with Gasteiger partial charge in [-0.3, -0.25) is 9.89 Å². The van der Waals surface area contributed by atoms with E-state index in [1.54, 1.807) is 14.2 Å². The van der Waals surface area contributed by atoms with E-state index in [-0.39, 0.29) is 36.1 Å². The van der Waals surface area contributed by atoms with Crippen molar-refractivity contribution in [1.82, 2.24) is 30.3 Å². The van der Waals surface area contributed by atoms with Crippen molar-refractivity contribution in [2.75, 3.05) is 40.9 Å². The van der Waals surface area contributed by atoms with Crippen LogP contribution in [0.15, 0.2) is 29.3 Å². The lowest BCUT2D eigenvalue weighted by atomic mass is 10.0. The first kappa shape index (κ1) is 25.7. The second kappa shape index (κ2) is 12.5. The number of fused-ring (bicyclic) bond motifs is 1. The zero-order valence-corrected chi connectivity index (χ0v) is 22.1. The summed E-state index contributed by atoms with van der Waals surface area (Å²) in [7, 11) is 5.23. The maximum absolute atomic E-state index is 5.67. The minimum Gasteiger partial charge on any atom is -0.496 e. The molecule has 0 radical (unpaired) electrons. The minimum atomic E-state index is 0. The number of benzene rings is 1. The number of halogens is 1. The van der Waals surface area contributed by atoms with E-state index in [1.807, 2.05) is 23.9 Å². The molecule has 182 valence electrons. The van der Waals surface area contributed by atoms with E-state index in [2.05, 4.69) is 42.7 Å². The van der Waals surface area contributed by atoms with Crippen molar-refractivity contribution in [3.8, 4) is 5.75 Å². The van der Waals surface area contributed by atoms with E-state index < -0.39 is 0 Å². The highest BCUT2D eigenvalue weighted by Gasteiger charge is 2.27. The predicted octanol–water partition coefficient (Wildman–Crippen LogP) is 2.37. The summed E-state index contributed by atoms with van der Waals surface area (Å²) in [6.07, 6.45) is 4.37. The number of hydrogen-bond donors (Lipinski definition) is 2. The number of guanidine groups is 1. The van der Waals surface area contributed by atoms with Gasteiger partial charge in [0.15, 0.2) is 11.8 Å². The van der Waals surface area contributed by atoms with Gasteiger partial charge in [-0.2, -0.15) is 5.10 Å². The molecule has 2 atom stereocenters. The fourth-order valence-electron chi connectivity index (χ4n) is 4.68. The van der Waals surface area contributed by atoms with Gasteiger partial charge in [0.1, 0.15) is 18.2 Å². The van der Waals surface area contributed by atoms with Crippen molar-refractivity contribution in [3.63, 3.8) is 0 Å². The van der Waals surface area contributed by atoms with Gasteiger partial charge in [0.05, 0.1) is 19.7 Å². The maximum atomic E-state index is 5.67. The number of nitrogens with zero attached hydrogens (tertiary/aromatic N) is 5. The van der Waals surface area contributed by atoms with Gasteiger partial charge in [0.2, 0.25) is 0 Å². The Labute approximate surface area is 213 Å². The number of ether oxygens (including phenoxy) is 2. The van der Waals surface area contributed by atoms with E-state index in [4.69, 9.17) is 9.47 Å². The van der Waals surface area contributed by atoms with Gasteiger partial charge in [-0.15, -0.1) is 24.0 Å². The summed E-state index contributed by atoms with van der Waals surface area (Å²) in [5.74, 6) is 3.53. The van der Waals surface area contributed by atoms with Crippen molar-refractivity contribution in [1.29, 1.82) is 0 Å². The Morgan fingerprint density at radius 1 is 1.24 bits per heavy atom. The number of aliphatic imine (C=N–C) groups is 1. The van der Waals surface area contributed by atoms with Crippen LogP contribution in [0.1, 0.15) is 42.5 Å². The molecule has 10 heteroatoms. The second-order valence-electron chi connectivity index (χ2n) is 8.39. The molecular formula is C23H36IN7O2. The molecule has 0 spiro atoms. The molecule has 0 saturated carbocycles. The lowest BCUT2D eigenvalue weighted by Gasteiger charge is -2.31. The zero-order chi connectivity index (χ0) is 22.3. The average Bonchev–Trinajstić information content (AvgIpc) is 3.48. The van der Waals surface area contributed by atoms with Gasteiger partial charge in [-0.25, -0.2) is 9.67 Å². The lowest BCUT2D eigenvalue weighted by molar-refractivity contribution is 0.177. The van der Waals surface area contributed by atoms with E-state index in [9.17, 15) is 0 Å². The molecule has 0 amide bonds. The summed E-state index contributed by atoms with van der Waals surface area (Å²) in [6, 6.07) is 8.81. The number of para-hydroxylation sites is 1. The van der Waals surface area contributed by atoms with Crippen LogP contribution in [0.2, 0.25) is 0 Å². The van der Waals surface area contributed by atoms with Gasteiger partial charge < -0.3 is 20.1 Å². The van der Waals surface area contributed by atoms with Crippen LogP contribution in [0.4, 0.5) is 0 Å². The second-order valence-corrected chi connectivity index (χ2v) is 8.39. The van der Waals surface area contributed by atoms with E-state index in [0.717, 1.165) is 62.4 Å². The summed E-state index contributed by atoms with van der Waals surface area (Å²) in [4.78, 5) is 11.6. The van der Waals surface area contributed by atoms with Crippen molar-refractivity contribution in [2.24, 2.45) is 4.99 Å². The molecule has 4 rings (SSSR count). The molecule has 1 fully saturated rings. The molecule has 3 heterocycles. The van der Waals surface area contributed by atoms with Crippen LogP contribution in [0.3, 0.4) is 0 Å². The van der Waals surface area contributed by atoms with Crippen molar-refractivity contribution >= 4 is 29.9 Å². The van der Waals surface area contributed by atoms with Crippen molar-refractivity contribution in [3.05, 3.63) is 41.5 Å². The number of aryl methyl sites for hydroxylation is 1. The maximum Gasteiger partial charge on any atom is 0.191 e. The van der Waals surface area contributed by atoms with E-state index in [0.29, 0.717) is 6.61 Å². The molecule has 2 aromatic rings. The zero-order valence-electron chi connectivity index (χ0n) is 19.8. The molecule has 9 nitrogen and oxygen atoms in total. The average molecular weight is 569 g/mol. The van der Waals surface area contributed by atoms with Gasteiger partial charge in [-0.05, 0) is 38.4 Å². The first-order valence-corrected chi connectivity index (χ1v) is 11.5. The summed E-state index contributed by atoms with van der Waals surface area (Å²) >= 11 is 0. The topological polar surface area (TPSA) is 88.8 Å². The molecule has 2 N–H and O–H groups in total. The lowest BCUT2D eigenvalue weighted by Crippen LogP contribution is -2.49. The minimum absolute atomic E-state index is 0. The molecular weight excluding hydrogens is 533 g/mol. The highest BCUT2D eigenvalue weighted by Crippen LogP contribution is 2.31. The standard InChI is InChI=1S/C23H35N7O2.HI/c1-24-23(26-17-10-11-22-27-21(16-31-2)28-30(22)15-17)25-14-19(29-12-6-7-13-29)18-8-4-5-9-20(18)32-3;/h4-5,8-9,17,19H,6-7,10-16H2,1-3H3,(H2,24,25,26);1H. The Kier molecular flexibility index (Phi) is 9.75. The van der Waals surface area contributed by atoms with Gasteiger partial charge in [-0.1, -0.05) is 18.2 Å². The molecule has 1 saturated heterocycles. The van der Waals surface area contributed by atoms with E-state index >= 15 is 0 Å². The molecule has 2 unspecified atom stereocenters. The first-order chi connectivity index (χ1) is 15.7. The van der Waals surface area contributed by atoms with Crippen LogP contribution in [-0.4, -0.2) is 72.6 Å². The summed E-state index contributed by atoms with van der Waals surface area (Å²) < 4.78 is 12.8. The van der Waals surface area contributed by atoms with Crippen LogP contribution in [0.5, 0.6) is 5.75 Å². The molecule has 1 aromatic heterocycles. The summed E-state index contributed by atoms with van der Waals surface area (Å²) in [5.41, 5.74) is 1.22. The molecule has 33 heavy (non-hydrogen) atoms. The Balaban J connectivity index is 0.00000306. The Hall–Kier alpha value is -1.92. The Morgan fingerprint density at radius 2 is 2.03 bits per heavy atom. The monoisotopic (exact) mass is 569 g/mol. The fourth-order valence-corrected chi connectivity index (χ4v) is 4.68. The summed E-state index contributed by atoms with van der Waals surface area (Å²) in [6.45, 7) is 4.20. The summed E-state index contributed by atoms with van der Waals surface area (Å²) in [5, 5.41) is 11.7. The third-order valence-corrected chi connectivity index (χ3v) is 6.28. The Bertz CT molecular complexity index is 914. The molecule has 2 aliphatic heterocycles. The third-order valence-electron chi connectivity index (χ3n) is 6.28. The molecule has 2 aliphatic rings. The van der Waals surface area contributed by atoms with Crippen LogP contribution >= 0.6 is 24.0 Å². The van der Waals surface area contributed by atoms with Crippen molar-refractivity contribution in [2.45, 2.75) is 50.9 Å². The largest absolute Gasteiger partial charge is 0.496 e. The smallest absolute Gasteiger partial charge is 0.191 e. The molecule has 0 aliphatic carbocycles. The number of methoxy groups -OCH3 is 2. The van der Waals surface area contributed by atoms with Crippen LogP contribution in [0, 0.1) is 0 Å². The number of rotatable bonds is 8. The van der Waals surface area contributed by atoms with Crippen LogP contribution in [-0.2, 0) is 24.3 Å².